The Morgan fingerprint density at radius 2 is 1.65 bits per heavy atom. The molecule has 106 valence electrons. The minimum absolute atomic E-state index is 0.224. The van der Waals surface area contributed by atoms with E-state index < -0.39 is 17.7 Å². The van der Waals surface area contributed by atoms with Gasteiger partial charge < -0.3 is 5.32 Å². The van der Waals surface area contributed by atoms with Gasteiger partial charge in [0.15, 0.2) is 0 Å². The van der Waals surface area contributed by atoms with Gasteiger partial charge in [0.2, 0.25) is 0 Å². The molecule has 0 saturated carbocycles. The van der Waals surface area contributed by atoms with Crippen LogP contribution < -0.4 is 5.32 Å². The molecule has 2 aromatic carbocycles. The van der Waals surface area contributed by atoms with Gasteiger partial charge in [-0.25, -0.2) is 13.2 Å². The monoisotopic (exact) mass is 279 g/mol. The van der Waals surface area contributed by atoms with Crippen molar-refractivity contribution in [2.24, 2.45) is 0 Å². The smallest absolute Gasteiger partial charge is 0.128 e. The molecule has 0 radical (unpaired) electrons. The number of rotatable bonds is 4. The Morgan fingerprint density at radius 1 is 1.00 bits per heavy atom. The maximum absolute atomic E-state index is 14.1. The molecule has 0 aliphatic carbocycles. The summed E-state index contributed by atoms with van der Waals surface area (Å²) in [6, 6.07) is 7.62. The lowest BCUT2D eigenvalue weighted by Gasteiger charge is -2.20. The van der Waals surface area contributed by atoms with E-state index in [9.17, 15) is 13.2 Å². The molecular weight excluding hydrogens is 263 g/mol. The SMILES string of the molecule is CCNC(c1ccc(F)cc1)c1cc(F)c(C)cc1F. The Bertz CT molecular complexity index is 593. The third-order valence-corrected chi connectivity index (χ3v) is 3.20. The molecule has 0 aliphatic rings. The molecule has 0 amide bonds. The van der Waals surface area contributed by atoms with Crippen molar-refractivity contribution in [3.8, 4) is 0 Å². The van der Waals surface area contributed by atoms with Crippen molar-refractivity contribution in [2.45, 2.75) is 19.9 Å². The van der Waals surface area contributed by atoms with E-state index in [0.29, 0.717) is 12.1 Å². The molecule has 1 unspecified atom stereocenters. The van der Waals surface area contributed by atoms with Crippen LogP contribution in [0.15, 0.2) is 36.4 Å². The van der Waals surface area contributed by atoms with Crippen molar-refractivity contribution in [3.63, 3.8) is 0 Å². The standard InChI is InChI=1S/C16H16F3N/c1-3-20-16(11-4-6-12(17)7-5-11)13-9-14(18)10(2)8-15(13)19/h4-9,16,20H,3H2,1-2H3. The van der Waals surface area contributed by atoms with Gasteiger partial charge in [-0.05, 0) is 48.9 Å². The summed E-state index contributed by atoms with van der Waals surface area (Å²) in [5, 5.41) is 3.09. The zero-order chi connectivity index (χ0) is 14.7. The Balaban J connectivity index is 2.48. The van der Waals surface area contributed by atoms with Crippen LogP contribution in [0.2, 0.25) is 0 Å². The van der Waals surface area contributed by atoms with Crippen molar-refractivity contribution < 1.29 is 13.2 Å². The van der Waals surface area contributed by atoms with Gasteiger partial charge >= 0.3 is 0 Å². The summed E-state index contributed by atoms with van der Waals surface area (Å²) in [7, 11) is 0. The fourth-order valence-electron chi connectivity index (χ4n) is 2.15. The second kappa shape index (κ2) is 6.09. The molecule has 0 fully saturated rings. The number of benzene rings is 2. The van der Waals surface area contributed by atoms with Gasteiger partial charge in [-0.2, -0.15) is 0 Å². The van der Waals surface area contributed by atoms with Gasteiger partial charge in [0.25, 0.3) is 0 Å². The normalized spacial score (nSPS) is 12.4. The highest BCUT2D eigenvalue weighted by Gasteiger charge is 2.19. The van der Waals surface area contributed by atoms with E-state index >= 15 is 0 Å². The molecule has 1 atom stereocenters. The molecule has 4 heteroatoms. The van der Waals surface area contributed by atoms with Gasteiger partial charge in [0.1, 0.15) is 17.5 Å². The van der Waals surface area contributed by atoms with E-state index in [2.05, 4.69) is 5.32 Å². The summed E-state index contributed by atoms with van der Waals surface area (Å²) >= 11 is 0. The second-order valence-electron chi connectivity index (χ2n) is 4.67. The minimum Gasteiger partial charge on any atom is -0.306 e. The van der Waals surface area contributed by atoms with Crippen molar-refractivity contribution in [1.82, 2.24) is 5.32 Å². The Hall–Kier alpha value is -1.81. The lowest BCUT2D eigenvalue weighted by molar-refractivity contribution is 0.540. The average molecular weight is 279 g/mol. The van der Waals surface area contributed by atoms with Crippen molar-refractivity contribution in [3.05, 3.63) is 70.5 Å². The topological polar surface area (TPSA) is 12.0 Å². The fraction of sp³-hybridized carbons (Fsp3) is 0.250. The van der Waals surface area contributed by atoms with Crippen LogP contribution in [0.25, 0.3) is 0 Å². The maximum atomic E-state index is 14.1. The van der Waals surface area contributed by atoms with E-state index in [-0.39, 0.29) is 16.9 Å². The number of hydrogen-bond acceptors (Lipinski definition) is 1. The Morgan fingerprint density at radius 3 is 2.25 bits per heavy atom. The summed E-state index contributed by atoms with van der Waals surface area (Å²) < 4.78 is 40.8. The van der Waals surface area contributed by atoms with E-state index in [4.69, 9.17) is 0 Å². The van der Waals surface area contributed by atoms with Crippen LogP contribution in [0.1, 0.15) is 29.7 Å². The van der Waals surface area contributed by atoms with Crippen LogP contribution in [0.5, 0.6) is 0 Å². The van der Waals surface area contributed by atoms with Crippen molar-refractivity contribution >= 4 is 0 Å². The fourth-order valence-corrected chi connectivity index (χ4v) is 2.15. The summed E-state index contributed by atoms with van der Waals surface area (Å²) in [4.78, 5) is 0. The number of halogens is 3. The first-order valence-corrected chi connectivity index (χ1v) is 6.47. The molecule has 0 heterocycles. The first-order chi connectivity index (χ1) is 9.52. The molecule has 1 nitrogen and oxygen atoms in total. The lowest BCUT2D eigenvalue weighted by atomic mass is 9.97. The predicted molar refractivity (Wildman–Crippen MR) is 73.0 cm³/mol. The van der Waals surface area contributed by atoms with Crippen LogP contribution in [-0.2, 0) is 0 Å². The van der Waals surface area contributed by atoms with Crippen LogP contribution in [0, 0.1) is 24.4 Å². The van der Waals surface area contributed by atoms with E-state index in [1.807, 2.05) is 6.92 Å². The first kappa shape index (κ1) is 14.6. The minimum atomic E-state index is -0.504. The molecule has 0 spiro atoms. The molecule has 0 saturated heterocycles. The first-order valence-electron chi connectivity index (χ1n) is 6.47. The summed E-state index contributed by atoms with van der Waals surface area (Å²) in [5.74, 6) is -1.29. The van der Waals surface area contributed by atoms with Gasteiger partial charge in [-0.1, -0.05) is 19.1 Å². The zero-order valence-corrected chi connectivity index (χ0v) is 11.4. The number of nitrogens with one attached hydrogen (secondary N) is 1. The lowest BCUT2D eigenvalue weighted by Crippen LogP contribution is -2.23. The maximum Gasteiger partial charge on any atom is 0.128 e. The Labute approximate surface area is 116 Å². The summed E-state index contributed by atoms with van der Waals surface area (Å²) in [6.07, 6.45) is 0. The molecule has 1 N–H and O–H groups in total. The zero-order valence-electron chi connectivity index (χ0n) is 11.4. The molecule has 2 rings (SSSR count). The highest BCUT2D eigenvalue weighted by Crippen LogP contribution is 2.26. The van der Waals surface area contributed by atoms with Gasteiger partial charge in [0, 0.05) is 5.56 Å². The van der Waals surface area contributed by atoms with Crippen molar-refractivity contribution in [1.29, 1.82) is 0 Å². The molecule has 2 aromatic rings. The molecule has 20 heavy (non-hydrogen) atoms. The molecule has 0 bridgehead atoms. The second-order valence-corrected chi connectivity index (χ2v) is 4.67. The van der Waals surface area contributed by atoms with Gasteiger partial charge in [-0.15, -0.1) is 0 Å². The number of hydrogen-bond donors (Lipinski definition) is 1. The highest BCUT2D eigenvalue weighted by molar-refractivity contribution is 5.35. The van der Waals surface area contributed by atoms with Crippen LogP contribution >= 0.6 is 0 Å². The van der Waals surface area contributed by atoms with Crippen LogP contribution in [0.3, 0.4) is 0 Å². The third kappa shape index (κ3) is 3.02. The van der Waals surface area contributed by atoms with E-state index in [1.165, 1.54) is 31.2 Å². The summed E-state index contributed by atoms with van der Waals surface area (Å²) in [5.41, 5.74) is 1.18. The largest absolute Gasteiger partial charge is 0.306 e. The van der Waals surface area contributed by atoms with E-state index in [0.717, 1.165) is 0 Å². The number of aryl methyl sites for hydroxylation is 1. The van der Waals surface area contributed by atoms with E-state index in [1.54, 1.807) is 12.1 Å². The van der Waals surface area contributed by atoms with Crippen molar-refractivity contribution in [2.75, 3.05) is 6.54 Å². The highest BCUT2D eigenvalue weighted by atomic mass is 19.1. The summed E-state index contributed by atoms with van der Waals surface area (Å²) in [6.45, 7) is 3.97. The molecule has 0 aliphatic heterocycles. The van der Waals surface area contributed by atoms with Gasteiger partial charge in [-0.3, -0.25) is 0 Å². The molecular formula is C16H16F3N. The third-order valence-electron chi connectivity index (χ3n) is 3.20. The quantitative estimate of drug-likeness (QED) is 0.888. The van der Waals surface area contributed by atoms with Crippen LogP contribution in [-0.4, -0.2) is 6.54 Å². The molecule has 0 aromatic heterocycles. The van der Waals surface area contributed by atoms with Crippen LogP contribution in [0.4, 0.5) is 13.2 Å². The van der Waals surface area contributed by atoms with Gasteiger partial charge in [0.05, 0.1) is 6.04 Å². The predicted octanol–water partition coefficient (Wildman–Crippen LogP) is 4.11. The Kier molecular flexibility index (Phi) is 4.45. The average Bonchev–Trinajstić information content (AvgIpc) is 2.42.